The molecule has 0 radical (unpaired) electrons. The van der Waals surface area contributed by atoms with Gasteiger partial charge in [-0.25, -0.2) is 0 Å². The highest BCUT2D eigenvalue weighted by molar-refractivity contribution is 5.77. The predicted molar refractivity (Wildman–Crippen MR) is 97.2 cm³/mol. The number of amides is 2. The van der Waals surface area contributed by atoms with Gasteiger partial charge in [-0.2, -0.15) is 0 Å². The number of carbonyl (C=O) groups is 2. The van der Waals surface area contributed by atoms with E-state index in [0.29, 0.717) is 19.4 Å². The van der Waals surface area contributed by atoms with Gasteiger partial charge in [-0.05, 0) is 31.6 Å². The lowest BCUT2D eigenvalue weighted by molar-refractivity contribution is -0.140. The molecule has 2 heterocycles. The summed E-state index contributed by atoms with van der Waals surface area (Å²) in [5, 5.41) is 0. The quantitative estimate of drug-likeness (QED) is 0.740. The van der Waals surface area contributed by atoms with E-state index in [4.69, 9.17) is 4.74 Å². The molecule has 3 fully saturated rings. The molecule has 0 aromatic heterocycles. The van der Waals surface area contributed by atoms with Gasteiger partial charge >= 0.3 is 0 Å². The van der Waals surface area contributed by atoms with E-state index in [0.717, 1.165) is 57.8 Å². The molecule has 0 bridgehead atoms. The Balaban J connectivity index is 1.36. The van der Waals surface area contributed by atoms with Gasteiger partial charge in [0, 0.05) is 39.0 Å². The minimum absolute atomic E-state index is 0.226. The van der Waals surface area contributed by atoms with Gasteiger partial charge in [-0.3, -0.25) is 9.59 Å². The molecule has 3 rings (SSSR count). The molecule has 3 aliphatic rings. The van der Waals surface area contributed by atoms with Gasteiger partial charge in [0.2, 0.25) is 11.8 Å². The first kappa shape index (κ1) is 18.7. The molecule has 1 saturated carbocycles. The van der Waals surface area contributed by atoms with Crippen LogP contribution in [0.3, 0.4) is 0 Å². The highest BCUT2D eigenvalue weighted by Gasteiger charge is 2.27. The number of nitrogens with zero attached hydrogens (tertiary/aromatic N) is 2. The SMILES string of the molecule is O=C1CCCCN1CCCC(=O)N1CCO[C@@H](CC2CCCCC2)C1. The van der Waals surface area contributed by atoms with E-state index in [2.05, 4.69) is 0 Å². The molecule has 2 amide bonds. The fraction of sp³-hybridized carbons (Fsp3) is 0.900. The minimum atomic E-state index is 0.226. The number of ether oxygens (including phenoxy) is 1. The predicted octanol–water partition coefficient (Wildman–Crippen LogP) is 2.98. The average molecular weight is 351 g/mol. The Bertz CT molecular complexity index is 448. The summed E-state index contributed by atoms with van der Waals surface area (Å²) in [5.74, 6) is 1.29. The topological polar surface area (TPSA) is 49.9 Å². The molecule has 0 N–H and O–H groups in total. The summed E-state index contributed by atoms with van der Waals surface area (Å²) in [6.45, 7) is 3.77. The van der Waals surface area contributed by atoms with Crippen LogP contribution >= 0.6 is 0 Å². The second kappa shape index (κ2) is 9.56. The monoisotopic (exact) mass is 350 g/mol. The maximum absolute atomic E-state index is 12.5. The number of rotatable bonds is 6. The van der Waals surface area contributed by atoms with Crippen molar-refractivity contribution < 1.29 is 14.3 Å². The van der Waals surface area contributed by atoms with Crippen molar-refractivity contribution in [1.29, 1.82) is 0 Å². The van der Waals surface area contributed by atoms with Crippen molar-refractivity contribution in [2.24, 2.45) is 5.92 Å². The smallest absolute Gasteiger partial charge is 0.222 e. The molecule has 2 saturated heterocycles. The Kier molecular flexibility index (Phi) is 7.14. The van der Waals surface area contributed by atoms with E-state index in [9.17, 15) is 9.59 Å². The summed E-state index contributed by atoms with van der Waals surface area (Å²) >= 11 is 0. The summed E-state index contributed by atoms with van der Waals surface area (Å²) in [6.07, 6.45) is 12.2. The lowest BCUT2D eigenvalue weighted by Gasteiger charge is -2.35. The molecule has 1 atom stereocenters. The largest absolute Gasteiger partial charge is 0.375 e. The van der Waals surface area contributed by atoms with Gasteiger partial charge in [0.25, 0.3) is 0 Å². The second-order valence-corrected chi connectivity index (χ2v) is 8.01. The van der Waals surface area contributed by atoms with Crippen molar-refractivity contribution in [3.63, 3.8) is 0 Å². The summed E-state index contributed by atoms with van der Waals surface area (Å²) < 4.78 is 5.93. The fourth-order valence-corrected chi connectivity index (χ4v) is 4.56. The van der Waals surface area contributed by atoms with Crippen LogP contribution in [0, 0.1) is 5.92 Å². The summed E-state index contributed by atoms with van der Waals surface area (Å²) in [4.78, 5) is 28.3. The average Bonchev–Trinajstić information content (AvgIpc) is 2.64. The molecule has 5 nitrogen and oxygen atoms in total. The summed E-state index contributed by atoms with van der Waals surface area (Å²) in [5.41, 5.74) is 0. The van der Waals surface area contributed by atoms with Crippen LogP contribution in [-0.2, 0) is 14.3 Å². The normalized spacial score (nSPS) is 26.1. The standard InChI is InChI=1S/C20H34N2O3/c23-19-9-4-5-11-21(19)12-6-10-20(24)22-13-14-25-18(16-22)15-17-7-2-1-3-8-17/h17-18H,1-16H2/t18-/m0/s1. The molecule has 0 aromatic carbocycles. The zero-order valence-electron chi connectivity index (χ0n) is 15.6. The fourth-order valence-electron chi connectivity index (χ4n) is 4.56. The highest BCUT2D eigenvalue weighted by Crippen LogP contribution is 2.29. The molecule has 2 aliphatic heterocycles. The Morgan fingerprint density at radius 1 is 1.08 bits per heavy atom. The van der Waals surface area contributed by atoms with Gasteiger partial charge < -0.3 is 14.5 Å². The van der Waals surface area contributed by atoms with Gasteiger partial charge in [0.15, 0.2) is 0 Å². The van der Waals surface area contributed by atoms with Crippen LogP contribution in [0.5, 0.6) is 0 Å². The van der Waals surface area contributed by atoms with Crippen LogP contribution in [0.4, 0.5) is 0 Å². The van der Waals surface area contributed by atoms with Crippen LogP contribution in [0.25, 0.3) is 0 Å². The van der Waals surface area contributed by atoms with Crippen molar-refractivity contribution in [1.82, 2.24) is 9.80 Å². The third-order valence-electron chi connectivity index (χ3n) is 6.05. The first-order chi connectivity index (χ1) is 12.2. The molecule has 25 heavy (non-hydrogen) atoms. The van der Waals surface area contributed by atoms with Crippen LogP contribution in [0.2, 0.25) is 0 Å². The molecular weight excluding hydrogens is 316 g/mol. The number of morpholine rings is 1. The van der Waals surface area contributed by atoms with Gasteiger partial charge in [-0.1, -0.05) is 32.1 Å². The first-order valence-corrected chi connectivity index (χ1v) is 10.4. The highest BCUT2D eigenvalue weighted by atomic mass is 16.5. The lowest BCUT2D eigenvalue weighted by atomic mass is 9.85. The Labute approximate surface area is 152 Å². The number of hydrogen-bond donors (Lipinski definition) is 0. The van der Waals surface area contributed by atoms with Crippen LogP contribution in [0.1, 0.15) is 70.6 Å². The van der Waals surface area contributed by atoms with Crippen LogP contribution in [0.15, 0.2) is 0 Å². The van der Waals surface area contributed by atoms with Crippen LogP contribution in [-0.4, -0.2) is 60.5 Å². The van der Waals surface area contributed by atoms with Gasteiger partial charge in [0.1, 0.15) is 0 Å². The molecule has 1 aliphatic carbocycles. The minimum Gasteiger partial charge on any atom is -0.375 e. The van der Waals surface area contributed by atoms with Crippen molar-refractivity contribution in [3.8, 4) is 0 Å². The molecular formula is C20H34N2O3. The summed E-state index contributed by atoms with van der Waals surface area (Å²) in [7, 11) is 0. The molecule has 5 heteroatoms. The first-order valence-electron chi connectivity index (χ1n) is 10.4. The van der Waals surface area contributed by atoms with Crippen LogP contribution < -0.4 is 0 Å². The second-order valence-electron chi connectivity index (χ2n) is 8.01. The lowest BCUT2D eigenvalue weighted by Crippen LogP contribution is -2.46. The zero-order chi connectivity index (χ0) is 17.5. The number of piperidine rings is 1. The van der Waals surface area contributed by atoms with Crippen molar-refractivity contribution in [2.45, 2.75) is 76.7 Å². The zero-order valence-corrected chi connectivity index (χ0v) is 15.6. The Morgan fingerprint density at radius 2 is 1.92 bits per heavy atom. The molecule has 0 unspecified atom stereocenters. The van der Waals surface area contributed by atoms with E-state index < -0.39 is 0 Å². The van der Waals surface area contributed by atoms with E-state index in [1.54, 1.807) is 0 Å². The van der Waals surface area contributed by atoms with E-state index >= 15 is 0 Å². The maximum atomic E-state index is 12.5. The number of hydrogen-bond acceptors (Lipinski definition) is 3. The van der Waals surface area contributed by atoms with Gasteiger partial charge in [-0.15, -0.1) is 0 Å². The third kappa shape index (κ3) is 5.70. The third-order valence-corrected chi connectivity index (χ3v) is 6.05. The molecule has 0 aromatic rings. The Morgan fingerprint density at radius 3 is 2.72 bits per heavy atom. The van der Waals surface area contributed by atoms with Crippen molar-refractivity contribution in [3.05, 3.63) is 0 Å². The van der Waals surface area contributed by atoms with E-state index in [1.807, 2.05) is 9.80 Å². The van der Waals surface area contributed by atoms with Crippen molar-refractivity contribution >= 4 is 11.8 Å². The number of likely N-dealkylation sites (tertiary alicyclic amines) is 1. The maximum Gasteiger partial charge on any atom is 0.222 e. The Hall–Kier alpha value is -1.10. The molecule has 142 valence electrons. The van der Waals surface area contributed by atoms with E-state index in [1.165, 1.54) is 32.1 Å². The molecule has 0 spiro atoms. The number of carbonyl (C=O) groups excluding carboxylic acids is 2. The summed E-state index contributed by atoms with van der Waals surface area (Å²) in [6, 6.07) is 0. The van der Waals surface area contributed by atoms with E-state index in [-0.39, 0.29) is 17.9 Å². The van der Waals surface area contributed by atoms with Gasteiger partial charge in [0.05, 0.1) is 12.7 Å². The van der Waals surface area contributed by atoms with Crippen molar-refractivity contribution in [2.75, 3.05) is 32.8 Å².